The summed E-state index contributed by atoms with van der Waals surface area (Å²) in [5, 5.41) is 12.4. The Bertz CT molecular complexity index is 355. The van der Waals surface area contributed by atoms with Gasteiger partial charge in [0, 0.05) is 7.11 Å². The number of carbonyl (C=O) groups is 2. The molecule has 0 saturated carbocycles. The third-order valence-corrected chi connectivity index (χ3v) is 2.32. The van der Waals surface area contributed by atoms with E-state index in [2.05, 4.69) is 5.32 Å². The number of methoxy groups -OCH3 is 1. The van der Waals surface area contributed by atoms with E-state index in [-0.39, 0.29) is 6.61 Å². The van der Waals surface area contributed by atoms with Crippen LogP contribution in [0, 0.1) is 0 Å². The lowest BCUT2D eigenvalue weighted by atomic mass is 9.99. The van der Waals surface area contributed by atoms with E-state index in [1.54, 1.807) is 27.7 Å². The largest absolute Gasteiger partial charge is 0.459 e. The van der Waals surface area contributed by atoms with Gasteiger partial charge in [0.15, 0.2) is 6.04 Å². The van der Waals surface area contributed by atoms with Crippen molar-refractivity contribution >= 4 is 12.1 Å². The average Bonchev–Trinajstić information content (AvgIpc) is 2.21. The number of alkyl carbamates (subject to hydrolysis) is 1. The van der Waals surface area contributed by atoms with Crippen LogP contribution in [-0.2, 0) is 19.0 Å². The highest BCUT2D eigenvalue weighted by Crippen LogP contribution is 2.13. The molecule has 0 aromatic carbocycles. The van der Waals surface area contributed by atoms with Crippen LogP contribution in [0.5, 0.6) is 0 Å². The molecule has 2 atom stereocenters. The van der Waals surface area contributed by atoms with Crippen molar-refractivity contribution in [2.45, 2.75) is 64.9 Å². The molecule has 0 aliphatic carbocycles. The van der Waals surface area contributed by atoms with Gasteiger partial charge in [0.2, 0.25) is 0 Å². The molecular weight excluding hydrogens is 278 g/mol. The molecule has 0 saturated heterocycles. The van der Waals surface area contributed by atoms with Crippen LogP contribution in [-0.4, -0.2) is 54.2 Å². The van der Waals surface area contributed by atoms with Gasteiger partial charge in [-0.15, -0.1) is 0 Å². The van der Waals surface area contributed by atoms with E-state index in [9.17, 15) is 14.7 Å². The molecule has 0 aliphatic heterocycles. The van der Waals surface area contributed by atoms with Crippen molar-refractivity contribution in [2.24, 2.45) is 0 Å². The summed E-state index contributed by atoms with van der Waals surface area (Å²) in [5.74, 6) is -0.752. The van der Waals surface area contributed by atoms with Crippen LogP contribution in [0.25, 0.3) is 0 Å². The highest BCUT2D eigenvalue weighted by molar-refractivity contribution is 5.82. The minimum absolute atomic E-state index is 0.219. The third kappa shape index (κ3) is 8.52. The molecule has 0 radical (unpaired) electrons. The molecule has 1 unspecified atom stereocenters. The SMILES string of the molecule is COCC(C)OC(=O)[C@@H](NC(=O)OC(C)(C)C)C(C)(C)O. The van der Waals surface area contributed by atoms with Crippen LogP contribution in [0.15, 0.2) is 0 Å². The van der Waals surface area contributed by atoms with Crippen LogP contribution >= 0.6 is 0 Å². The fourth-order valence-electron chi connectivity index (χ4n) is 1.48. The molecule has 0 heterocycles. The van der Waals surface area contributed by atoms with Gasteiger partial charge < -0.3 is 24.6 Å². The maximum Gasteiger partial charge on any atom is 0.408 e. The quantitative estimate of drug-likeness (QED) is 0.717. The molecular formula is C14H27NO6. The average molecular weight is 305 g/mol. The van der Waals surface area contributed by atoms with Crippen LogP contribution in [0.4, 0.5) is 4.79 Å². The summed E-state index contributed by atoms with van der Waals surface area (Å²) in [6.07, 6.45) is -1.29. The highest BCUT2D eigenvalue weighted by atomic mass is 16.6. The summed E-state index contributed by atoms with van der Waals surface area (Å²) in [7, 11) is 1.48. The first-order valence-electron chi connectivity index (χ1n) is 6.78. The minimum atomic E-state index is -1.50. The lowest BCUT2D eigenvalue weighted by Gasteiger charge is -2.30. The first-order valence-corrected chi connectivity index (χ1v) is 6.78. The van der Waals surface area contributed by atoms with E-state index in [4.69, 9.17) is 14.2 Å². The highest BCUT2D eigenvalue weighted by Gasteiger charge is 2.37. The van der Waals surface area contributed by atoms with Crippen molar-refractivity contribution in [3.05, 3.63) is 0 Å². The molecule has 7 heteroatoms. The number of amides is 1. The first kappa shape index (κ1) is 19.7. The van der Waals surface area contributed by atoms with Gasteiger partial charge >= 0.3 is 12.1 Å². The van der Waals surface area contributed by atoms with Gasteiger partial charge in [-0.05, 0) is 41.5 Å². The zero-order chi connectivity index (χ0) is 16.8. The van der Waals surface area contributed by atoms with Crippen LogP contribution in [0.2, 0.25) is 0 Å². The summed E-state index contributed by atoms with van der Waals surface area (Å²) < 4.78 is 15.1. The maximum absolute atomic E-state index is 12.1. The van der Waals surface area contributed by atoms with Crippen LogP contribution < -0.4 is 5.32 Å². The molecule has 21 heavy (non-hydrogen) atoms. The Morgan fingerprint density at radius 3 is 2.10 bits per heavy atom. The van der Waals surface area contributed by atoms with Crippen molar-refractivity contribution < 1.29 is 28.9 Å². The van der Waals surface area contributed by atoms with Gasteiger partial charge in [-0.2, -0.15) is 0 Å². The van der Waals surface area contributed by atoms with Crippen molar-refractivity contribution in [1.29, 1.82) is 0 Å². The molecule has 0 aromatic rings. The Hall–Kier alpha value is -1.34. The van der Waals surface area contributed by atoms with Crippen molar-refractivity contribution in [3.63, 3.8) is 0 Å². The zero-order valence-electron chi connectivity index (χ0n) is 13.9. The Morgan fingerprint density at radius 1 is 1.19 bits per heavy atom. The number of ether oxygens (including phenoxy) is 3. The number of rotatable bonds is 6. The molecule has 0 fully saturated rings. The fourth-order valence-corrected chi connectivity index (χ4v) is 1.48. The van der Waals surface area contributed by atoms with E-state index in [1.165, 1.54) is 21.0 Å². The van der Waals surface area contributed by atoms with Gasteiger partial charge in [-0.1, -0.05) is 0 Å². The number of aliphatic hydroxyl groups is 1. The summed E-state index contributed by atoms with van der Waals surface area (Å²) in [4.78, 5) is 23.8. The van der Waals surface area contributed by atoms with E-state index >= 15 is 0 Å². The molecule has 1 amide bonds. The number of hydrogen-bond acceptors (Lipinski definition) is 6. The molecule has 0 bridgehead atoms. The second-order valence-electron chi connectivity index (χ2n) is 6.44. The van der Waals surface area contributed by atoms with E-state index in [0.29, 0.717) is 0 Å². The predicted molar refractivity (Wildman–Crippen MR) is 76.9 cm³/mol. The van der Waals surface area contributed by atoms with E-state index in [1.807, 2.05) is 0 Å². The van der Waals surface area contributed by atoms with Gasteiger partial charge in [-0.25, -0.2) is 9.59 Å². The predicted octanol–water partition coefficient (Wildman–Crippen LogP) is 1.23. The Balaban J connectivity index is 4.82. The van der Waals surface area contributed by atoms with Crippen molar-refractivity contribution in [3.8, 4) is 0 Å². The summed E-state index contributed by atoms with van der Waals surface area (Å²) in [6.45, 7) is 9.77. The number of nitrogens with one attached hydrogen (secondary N) is 1. The molecule has 124 valence electrons. The van der Waals surface area contributed by atoms with Gasteiger partial charge in [0.25, 0.3) is 0 Å². The molecule has 2 N–H and O–H groups in total. The van der Waals surface area contributed by atoms with Crippen molar-refractivity contribution in [2.75, 3.05) is 13.7 Å². The third-order valence-electron chi connectivity index (χ3n) is 2.32. The monoisotopic (exact) mass is 305 g/mol. The zero-order valence-corrected chi connectivity index (χ0v) is 13.9. The van der Waals surface area contributed by atoms with Gasteiger partial charge in [0.05, 0.1) is 12.2 Å². The normalized spacial score (nSPS) is 15.0. The summed E-state index contributed by atoms with van der Waals surface area (Å²) >= 11 is 0. The van der Waals surface area contributed by atoms with Crippen LogP contribution in [0.3, 0.4) is 0 Å². The fraction of sp³-hybridized carbons (Fsp3) is 0.857. The van der Waals surface area contributed by atoms with Crippen molar-refractivity contribution in [1.82, 2.24) is 5.32 Å². The number of esters is 1. The number of carbonyl (C=O) groups excluding carboxylic acids is 2. The minimum Gasteiger partial charge on any atom is -0.459 e. The molecule has 0 aliphatic rings. The molecule has 0 spiro atoms. The molecule has 0 rings (SSSR count). The first-order chi connectivity index (χ1) is 9.36. The second kappa shape index (κ2) is 7.61. The standard InChI is InChI=1S/C14H27NO6/c1-9(8-19-7)20-11(16)10(14(5,6)18)15-12(17)21-13(2,3)4/h9-10,18H,8H2,1-7H3,(H,15,17)/t9?,10-/m1/s1. The van der Waals surface area contributed by atoms with E-state index < -0.39 is 35.4 Å². The number of hydrogen-bond donors (Lipinski definition) is 2. The smallest absolute Gasteiger partial charge is 0.408 e. The van der Waals surface area contributed by atoms with Gasteiger partial charge in [0.1, 0.15) is 11.7 Å². The maximum atomic E-state index is 12.1. The van der Waals surface area contributed by atoms with Gasteiger partial charge in [-0.3, -0.25) is 0 Å². The Labute approximate surface area is 125 Å². The topological polar surface area (TPSA) is 94.1 Å². The summed E-state index contributed by atoms with van der Waals surface area (Å²) in [5.41, 5.74) is -2.21. The second-order valence-corrected chi connectivity index (χ2v) is 6.44. The molecule has 0 aromatic heterocycles. The Kier molecular flexibility index (Phi) is 7.12. The Morgan fingerprint density at radius 2 is 1.71 bits per heavy atom. The lowest BCUT2D eigenvalue weighted by Crippen LogP contribution is -2.56. The molecule has 7 nitrogen and oxygen atoms in total. The lowest BCUT2D eigenvalue weighted by molar-refractivity contribution is -0.159. The van der Waals surface area contributed by atoms with E-state index in [0.717, 1.165) is 0 Å². The van der Waals surface area contributed by atoms with Crippen LogP contribution in [0.1, 0.15) is 41.5 Å². The summed E-state index contributed by atoms with van der Waals surface area (Å²) in [6, 6.07) is -1.24.